The lowest BCUT2D eigenvalue weighted by molar-refractivity contribution is -0.114. The largest absolute Gasteiger partial charge is 0.379 e. The van der Waals surface area contributed by atoms with Crippen LogP contribution in [0.15, 0.2) is 47.4 Å². The van der Waals surface area contributed by atoms with Crippen LogP contribution in [0.1, 0.15) is 24.1 Å². The fourth-order valence-electron chi connectivity index (χ4n) is 3.50. The van der Waals surface area contributed by atoms with E-state index in [1.54, 1.807) is 25.1 Å². The number of ether oxygens (including phenoxy) is 1. The number of hydrogen-bond donors (Lipinski definition) is 2. The van der Waals surface area contributed by atoms with E-state index in [4.69, 9.17) is 16.3 Å². The van der Waals surface area contributed by atoms with Gasteiger partial charge in [-0.15, -0.1) is 0 Å². The molecule has 0 aliphatic carbocycles. The van der Waals surface area contributed by atoms with Crippen LogP contribution in [0.2, 0.25) is 5.02 Å². The summed E-state index contributed by atoms with van der Waals surface area (Å²) in [5.41, 5.74) is 1.98. The first-order chi connectivity index (χ1) is 14.3. The molecule has 9 heteroatoms. The third-order valence-corrected chi connectivity index (χ3v) is 6.79. The average Bonchev–Trinajstić information content (AvgIpc) is 2.70. The molecular formula is C21H26ClN3O4S. The topological polar surface area (TPSA) is 87.7 Å². The molecular weight excluding hydrogens is 426 g/mol. The van der Waals surface area contributed by atoms with Gasteiger partial charge >= 0.3 is 0 Å². The molecule has 1 aliphatic heterocycles. The molecule has 3 rings (SSSR count). The summed E-state index contributed by atoms with van der Waals surface area (Å²) >= 11 is 6.18. The Labute approximate surface area is 182 Å². The smallest absolute Gasteiger partial charge is 0.240 e. The van der Waals surface area contributed by atoms with Gasteiger partial charge in [0.2, 0.25) is 15.9 Å². The van der Waals surface area contributed by atoms with Crippen LogP contribution in [0.25, 0.3) is 0 Å². The maximum absolute atomic E-state index is 13.1. The van der Waals surface area contributed by atoms with Gasteiger partial charge in [0.15, 0.2) is 0 Å². The van der Waals surface area contributed by atoms with Gasteiger partial charge in [0, 0.05) is 43.3 Å². The lowest BCUT2D eigenvalue weighted by atomic mass is 10.1. The van der Waals surface area contributed by atoms with Crippen LogP contribution in [-0.4, -0.2) is 52.1 Å². The molecule has 1 atom stereocenters. The van der Waals surface area contributed by atoms with Crippen LogP contribution in [0, 0.1) is 6.92 Å². The zero-order chi connectivity index (χ0) is 21.7. The van der Waals surface area contributed by atoms with E-state index in [1.165, 1.54) is 13.0 Å². The van der Waals surface area contributed by atoms with E-state index >= 15 is 0 Å². The number of morpholine rings is 1. The van der Waals surface area contributed by atoms with Crippen molar-refractivity contribution in [1.82, 2.24) is 9.62 Å². The van der Waals surface area contributed by atoms with Crippen molar-refractivity contribution in [3.05, 3.63) is 58.6 Å². The van der Waals surface area contributed by atoms with Crippen LogP contribution in [0.4, 0.5) is 5.69 Å². The van der Waals surface area contributed by atoms with Crippen molar-refractivity contribution in [3.8, 4) is 0 Å². The molecule has 30 heavy (non-hydrogen) atoms. The van der Waals surface area contributed by atoms with Crippen LogP contribution in [-0.2, 0) is 19.6 Å². The molecule has 0 bridgehead atoms. The number of amides is 1. The van der Waals surface area contributed by atoms with Crippen molar-refractivity contribution in [2.24, 2.45) is 0 Å². The monoisotopic (exact) mass is 451 g/mol. The predicted molar refractivity (Wildman–Crippen MR) is 117 cm³/mol. The van der Waals surface area contributed by atoms with E-state index in [2.05, 4.69) is 14.9 Å². The summed E-state index contributed by atoms with van der Waals surface area (Å²) in [6.45, 7) is 5.90. The van der Waals surface area contributed by atoms with E-state index in [9.17, 15) is 13.2 Å². The lowest BCUT2D eigenvalue weighted by Gasteiger charge is -2.35. The number of benzene rings is 2. The summed E-state index contributed by atoms with van der Waals surface area (Å²) in [5.74, 6) is -0.261. The number of aryl methyl sites for hydroxylation is 1. The van der Waals surface area contributed by atoms with Crippen LogP contribution < -0.4 is 10.0 Å². The van der Waals surface area contributed by atoms with Gasteiger partial charge in [-0.1, -0.05) is 29.8 Å². The molecule has 1 fully saturated rings. The van der Waals surface area contributed by atoms with Crippen molar-refractivity contribution < 1.29 is 17.9 Å². The first-order valence-electron chi connectivity index (χ1n) is 9.71. The van der Waals surface area contributed by atoms with E-state index in [1.807, 2.05) is 18.2 Å². The van der Waals surface area contributed by atoms with Gasteiger partial charge in [-0.25, -0.2) is 13.1 Å². The minimum absolute atomic E-state index is 0.139. The van der Waals surface area contributed by atoms with Crippen molar-refractivity contribution >= 4 is 33.2 Å². The second kappa shape index (κ2) is 9.89. The van der Waals surface area contributed by atoms with Crippen molar-refractivity contribution in [2.75, 3.05) is 38.2 Å². The lowest BCUT2D eigenvalue weighted by Crippen LogP contribution is -2.43. The Morgan fingerprint density at radius 1 is 1.20 bits per heavy atom. The Bertz CT molecular complexity index is 1010. The normalized spacial score (nSPS) is 16.2. The highest BCUT2D eigenvalue weighted by atomic mass is 35.5. The molecule has 1 aliphatic rings. The molecule has 0 aromatic heterocycles. The highest BCUT2D eigenvalue weighted by molar-refractivity contribution is 7.89. The molecule has 0 radical (unpaired) electrons. The minimum Gasteiger partial charge on any atom is -0.379 e. The van der Waals surface area contributed by atoms with Crippen LogP contribution >= 0.6 is 11.6 Å². The second-order valence-corrected chi connectivity index (χ2v) is 9.40. The number of carbonyl (C=O) groups is 1. The zero-order valence-corrected chi connectivity index (χ0v) is 18.6. The fraction of sp³-hybridized carbons (Fsp3) is 0.381. The van der Waals surface area contributed by atoms with Gasteiger partial charge in [-0.3, -0.25) is 9.69 Å². The summed E-state index contributed by atoms with van der Waals surface area (Å²) in [6, 6.07) is 12.1. The maximum atomic E-state index is 13.1. The Morgan fingerprint density at radius 3 is 2.60 bits per heavy atom. The van der Waals surface area contributed by atoms with Gasteiger partial charge in [0.05, 0.1) is 18.1 Å². The molecule has 162 valence electrons. The molecule has 1 saturated heterocycles. The summed E-state index contributed by atoms with van der Waals surface area (Å²) in [6.07, 6.45) is 0. The number of nitrogens with one attached hydrogen (secondary N) is 2. The summed E-state index contributed by atoms with van der Waals surface area (Å²) in [5, 5.41) is 3.23. The quantitative estimate of drug-likeness (QED) is 0.675. The van der Waals surface area contributed by atoms with Gasteiger partial charge in [-0.2, -0.15) is 0 Å². The first kappa shape index (κ1) is 22.7. The molecule has 0 spiro atoms. The third-order valence-electron chi connectivity index (χ3n) is 4.98. The predicted octanol–water partition coefficient (Wildman–Crippen LogP) is 2.96. The number of sulfonamides is 1. The van der Waals surface area contributed by atoms with Crippen LogP contribution in [0.3, 0.4) is 0 Å². The van der Waals surface area contributed by atoms with E-state index < -0.39 is 10.0 Å². The highest BCUT2D eigenvalue weighted by Crippen LogP contribution is 2.26. The van der Waals surface area contributed by atoms with Crippen molar-refractivity contribution in [3.63, 3.8) is 0 Å². The number of rotatable bonds is 7. The SMILES string of the molecule is CC(=O)Nc1ccc(C)c(S(=O)(=O)NCC(c2cccc(Cl)c2)N2CCOCC2)c1. The van der Waals surface area contributed by atoms with Crippen molar-refractivity contribution in [1.29, 1.82) is 0 Å². The second-order valence-electron chi connectivity index (χ2n) is 7.23. The Balaban J connectivity index is 1.84. The van der Waals surface area contributed by atoms with E-state index in [0.717, 1.165) is 5.56 Å². The van der Waals surface area contributed by atoms with Gasteiger partial charge < -0.3 is 10.1 Å². The zero-order valence-electron chi connectivity index (χ0n) is 17.0. The van der Waals surface area contributed by atoms with Gasteiger partial charge in [-0.05, 0) is 42.3 Å². The third kappa shape index (κ3) is 5.80. The number of anilines is 1. The van der Waals surface area contributed by atoms with Crippen molar-refractivity contribution in [2.45, 2.75) is 24.8 Å². The van der Waals surface area contributed by atoms with E-state index in [-0.39, 0.29) is 23.4 Å². The van der Waals surface area contributed by atoms with Gasteiger partial charge in [0.25, 0.3) is 0 Å². The number of nitrogens with zero attached hydrogens (tertiary/aromatic N) is 1. The summed E-state index contributed by atoms with van der Waals surface area (Å²) < 4.78 is 34.4. The van der Waals surface area contributed by atoms with Gasteiger partial charge in [0.1, 0.15) is 0 Å². The molecule has 0 saturated carbocycles. The number of hydrogen-bond acceptors (Lipinski definition) is 5. The molecule has 1 amide bonds. The molecule has 7 nitrogen and oxygen atoms in total. The Kier molecular flexibility index (Phi) is 7.49. The first-order valence-corrected chi connectivity index (χ1v) is 11.6. The molecule has 2 aromatic carbocycles. The van der Waals surface area contributed by atoms with Crippen LogP contribution in [0.5, 0.6) is 0 Å². The maximum Gasteiger partial charge on any atom is 0.240 e. The standard InChI is InChI=1S/C21H26ClN3O4S/c1-15-6-7-19(24-16(2)26)13-21(15)30(27,28)23-14-20(25-8-10-29-11-9-25)17-4-3-5-18(22)12-17/h3-7,12-13,20,23H,8-11,14H2,1-2H3,(H,24,26). The number of carbonyl (C=O) groups excluding carboxylic acids is 1. The number of halogens is 1. The highest BCUT2D eigenvalue weighted by Gasteiger charge is 2.26. The average molecular weight is 452 g/mol. The summed E-state index contributed by atoms with van der Waals surface area (Å²) in [4.78, 5) is 13.7. The Morgan fingerprint density at radius 2 is 1.93 bits per heavy atom. The van der Waals surface area contributed by atoms with E-state index in [0.29, 0.717) is 42.6 Å². The Hall–Kier alpha value is -1.97. The molecule has 1 heterocycles. The molecule has 2 aromatic rings. The fourth-order valence-corrected chi connectivity index (χ4v) is 5.00. The summed E-state index contributed by atoms with van der Waals surface area (Å²) in [7, 11) is -3.79. The molecule has 1 unspecified atom stereocenters. The minimum atomic E-state index is -3.79. The molecule has 2 N–H and O–H groups in total.